The number of carbonyl (C=O) groups excluding carboxylic acids is 2. The normalized spacial score (nSPS) is 15.1. The van der Waals surface area contributed by atoms with Gasteiger partial charge in [-0.25, -0.2) is 0 Å². The number of nitrogens with one attached hydrogen (secondary N) is 1. The third kappa shape index (κ3) is 5.65. The smallest absolute Gasteiger partial charge is 0.266 e. The van der Waals surface area contributed by atoms with Gasteiger partial charge in [0.2, 0.25) is 11.0 Å². The summed E-state index contributed by atoms with van der Waals surface area (Å²) in [5.74, 6) is 0.245. The van der Waals surface area contributed by atoms with Crippen molar-refractivity contribution >= 4 is 62.7 Å². The molecule has 3 rings (SSSR count). The van der Waals surface area contributed by atoms with Crippen LogP contribution in [0.25, 0.3) is 6.08 Å². The molecule has 0 atom stereocenters. The summed E-state index contributed by atoms with van der Waals surface area (Å²) < 4.78 is 5.77. The summed E-state index contributed by atoms with van der Waals surface area (Å²) in [6.07, 6.45) is 4.87. The summed E-state index contributed by atoms with van der Waals surface area (Å²) >= 11 is 7.95. The van der Waals surface area contributed by atoms with E-state index >= 15 is 0 Å². The van der Waals surface area contributed by atoms with E-state index in [2.05, 4.69) is 22.4 Å². The van der Waals surface area contributed by atoms with Gasteiger partial charge < -0.3 is 10.1 Å². The average Bonchev–Trinajstić information content (AvgIpc) is 3.29. The fourth-order valence-electron chi connectivity index (χ4n) is 2.75. The number of aromatic nitrogens is 2. The number of benzene rings is 1. The maximum Gasteiger partial charge on any atom is 0.266 e. The molecule has 1 N–H and O–H groups in total. The van der Waals surface area contributed by atoms with Crippen LogP contribution in [0.5, 0.6) is 5.75 Å². The van der Waals surface area contributed by atoms with Crippen LogP contribution >= 0.6 is 35.3 Å². The first-order chi connectivity index (χ1) is 14.5. The lowest BCUT2D eigenvalue weighted by Crippen LogP contribution is -2.31. The number of aryl methyl sites for hydroxylation is 1. The predicted octanol–water partition coefficient (Wildman–Crippen LogP) is 4.12. The number of ether oxygens (including phenoxy) is 1. The quantitative estimate of drug-likeness (QED) is 0.443. The van der Waals surface area contributed by atoms with Crippen LogP contribution in [-0.4, -0.2) is 44.9 Å². The molecule has 2 amide bonds. The number of nitrogens with zero attached hydrogens (tertiary/aromatic N) is 3. The highest BCUT2D eigenvalue weighted by Gasteiger charge is 2.32. The summed E-state index contributed by atoms with van der Waals surface area (Å²) in [6, 6.07) is 7.44. The van der Waals surface area contributed by atoms with Crippen LogP contribution in [0.4, 0.5) is 5.13 Å². The molecule has 0 bridgehead atoms. The zero-order valence-electron chi connectivity index (χ0n) is 16.7. The molecule has 1 aromatic carbocycles. The first-order valence-corrected chi connectivity index (χ1v) is 11.6. The van der Waals surface area contributed by atoms with E-state index in [1.165, 1.54) is 28.0 Å². The number of methoxy groups -OCH3 is 1. The van der Waals surface area contributed by atoms with Crippen LogP contribution in [0.1, 0.15) is 36.8 Å². The van der Waals surface area contributed by atoms with Gasteiger partial charge in [-0.1, -0.05) is 66.9 Å². The van der Waals surface area contributed by atoms with Crippen molar-refractivity contribution in [2.75, 3.05) is 19.0 Å². The zero-order chi connectivity index (χ0) is 21.5. The lowest BCUT2D eigenvalue weighted by molar-refractivity contribution is -0.122. The summed E-state index contributed by atoms with van der Waals surface area (Å²) in [5.41, 5.74) is 0.799. The second kappa shape index (κ2) is 10.6. The second-order valence-corrected chi connectivity index (χ2v) is 9.22. The van der Waals surface area contributed by atoms with Gasteiger partial charge in [0.25, 0.3) is 5.91 Å². The molecule has 7 nitrogen and oxygen atoms in total. The molecule has 1 aliphatic rings. The summed E-state index contributed by atoms with van der Waals surface area (Å²) in [5, 5.41) is 12.2. The second-order valence-electron chi connectivity index (χ2n) is 6.48. The highest BCUT2D eigenvalue weighted by molar-refractivity contribution is 8.26. The summed E-state index contributed by atoms with van der Waals surface area (Å²) in [4.78, 5) is 27.0. The van der Waals surface area contributed by atoms with Crippen LogP contribution in [0.2, 0.25) is 0 Å². The van der Waals surface area contributed by atoms with Gasteiger partial charge in [0.15, 0.2) is 0 Å². The fourth-order valence-corrected chi connectivity index (χ4v) is 4.85. The number of thiocarbonyl (C=S) groups is 1. The Morgan fingerprint density at radius 2 is 2.13 bits per heavy atom. The minimum atomic E-state index is -0.226. The number of carbonyl (C=O) groups is 2. The first kappa shape index (κ1) is 22.4. The molecule has 0 unspecified atom stereocenters. The molecule has 158 valence electrons. The molecule has 0 saturated carbocycles. The van der Waals surface area contributed by atoms with Crippen LogP contribution in [0.3, 0.4) is 0 Å². The number of unbranched alkanes of at least 4 members (excludes halogenated alkanes) is 1. The molecule has 2 heterocycles. The van der Waals surface area contributed by atoms with Crippen molar-refractivity contribution in [3.63, 3.8) is 0 Å². The molecule has 1 aromatic heterocycles. The van der Waals surface area contributed by atoms with Gasteiger partial charge in [-0.2, -0.15) is 0 Å². The minimum absolute atomic E-state index is 0.123. The maximum absolute atomic E-state index is 12.8. The third-order valence-corrected chi connectivity index (χ3v) is 6.60. The molecular weight excluding hydrogens is 440 g/mol. The topological polar surface area (TPSA) is 84.4 Å². The van der Waals surface area contributed by atoms with Crippen LogP contribution in [0, 0.1) is 0 Å². The van der Waals surface area contributed by atoms with E-state index in [0.29, 0.717) is 20.1 Å². The van der Waals surface area contributed by atoms with Crippen molar-refractivity contribution in [3.05, 3.63) is 39.7 Å². The lowest BCUT2D eigenvalue weighted by atomic mass is 10.2. The van der Waals surface area contributed by atoms with E-state index in [0.717, 1.165) is 29.8 Å². The zero-order valence-corrected chi connectivity index (χ0v) is 19.2. The number of para-hydroxylation sites is 1. The Hall–Kier alpha value is -2.30. The first-order valence-electron chi connectivity index (χ1n) is 9.52. The van der Waals surface area contributed by atoms with Crippen LogP contribution in [-0.2, 0) is 16.0 Å². The fraction of sp³-hybridized carbons (Fsp3) is 0.350. The summed E-state index contributed by atoms with van der Waals surface area (Å²) in [6.45, 7) is 2.32. The Morgan fingerprint density at radius 1 is 1.33 bits per heavy atom. The molecule has 1 fully saturated rings. The largest absolute Gasteiger partial charge is 0.496 e. The molecule has 0 aliphatic carbocycles. The van der Waals surface area contributed by atoms with Crippen molar-refractivity contribution in [3.8, 4) is 5.75 Å². The van der Waals surface area contributed by atoms with E-state index in [4.69, 9.17) is 17.0 Å². The highest BCUT2D eigenvalue weighted by atomic mass is 32.2. The SMILES string of the molecule is CCCCc1nnc(NC(=O)CCN2C(=O)/C(=C/c3ccccc3OC)SC2=S)s1. The van der Waals surface area contributed by atoms with E-state index in [1.807, 2.05) is 24.3 Å². The van der Waals surface area contributed by atoms with Crippen molar-refractivity contribution in [1.82, 2.24) is 15.1 Å². The standard InChI is InChI=1S/C20H22N4O3S3/c1-3-4-9-17-22-23-19(30-17)21-16(25)10-11-24-18(26)15(29-20(24)28)12-13-7-5-6-8-14(13)27-2/h5-8,12H,3-4,9-11H2,1-2H3,(H,21,23,25)/b15-12-. The Bertz CT molecular complexity index is 974. The maximum atomic E-state index is 12.8. The van der Waals surface area contributed by atoms with E-state index in [9.17, 15) is 9.59 Å². The van der Waals surface area contributed by atoms with Gasteiger partial charge in [-0.3, -0.25) is 14.5 Å². The molecule has 1 aliphatic heterocycles. The third-order valence-electron chi connectivity index (χ3n) is 4.32. The Balaban J connectivity index is 1.57. The monoisotopic (exact) mass is 462 g/mol. The Morgan fingerprint density at radius 3 is 2.90 bits per heavy atom. The van der Waals surface area contributed by atoms with Gasteiger partial charge in [-0.05, 0) is 18.6 Å². The van der Waals surface area contributed by atoms with Gasteiger partial charge >= 0.3 is 0 Å². The van der Waals surface area contributed by atoms with Gasteiger partial charge in [-0.15, -0.1) is 10.2 Å². The van der Waals surface area contributed by atoms with Gasteiger partial charge in [0.1, 0.15) is 15.1 Å². The number of thioether (sulfide) groups is 1. The van der Waals surface area contributed by atoms with E-state index in [-0.39, 0.29) is 24.8 Å². The lowest BCUT2D eigenvalue weighted by Gasteiger charge is -2.13. The van der Waals surface area contributed by atoms with Crippen molar-refractivity contribution in [1.29, 1.82) is 0 Å². The molecule has 1 saturated heterocycles. The minimum Gasteiger partial charge on any atom is -0.496 e. The van der Waals surface area contributed by atoms with Crippen LogP contribution < -0.4 is 10.1 Å². The molecule has 0 radical (unpaired) electrons. The Labute approximate surface area is 188 Å². The molecular formula is C20H22N4O3S3. The molecule has 2 aromatic rings. The molecule has 10 heteroatoms. The number of rotatable bonds is 9. The van der Waals surface area contributed by atoms with E-state index in [1.54, 1.807) is 13.2 Å². The van der Waals surface area contributed by atoms with Gasteiger partial charge in [0, 0.05) is 24.9 Å². The van der Waals surface area contributed by atoms with Gasteiger partial charge in [0.05, 0.1) is 12.0 Å². The van der Waals surface area contributed by atoms with Crippen molar-refractivity contribution in [2.24, 2.45) is 0 Å². The number of hydrogen-bond donors (Lipinski definition) is 1. The molecule has 30 heavy (non-hydrogen) atoms. The van der Waals surface area contributed by atoms with E-state index < -0.39 is 0 Å². The highest BCUT2D eigenvalue weighted by Crippen LogP contribution is 2.34. The van der Waals surface area contributed by atoms with Crippen molar-refractivity contribution < 1.29 is 14.3 Å². The van der Waals surface area contributed by atoms with Crippen LogP contribution in [0.15, 0.2) is 29.2 Å². The number of anilines is 1. The predicted molar refractivity (Wildman–Crippen MR) is 125 cm³/mol. The Kier molecular flexibility index (Phi) is 7.94. The number of hydrogen-bond acceptors (Lipinski definition) is 8. The summed E-state index contributed by atoms with van der Waals surface area (Å²) in [7, 11) is 1.58. The number of amides is 2. The average molecular weight is 463 g/mol. The van der Waals surface area contributed by atoms with Crippen molar-refractivity contribution in [2.45, 2.75) is 32.6 Å². The molecule has 0 spiro atoms.